The minimum absolute atomic E-state index is 0.148. The summed E-state index contributed by atoms with van der Waals surface area (Å²) >= 11 is 0. The molecular formula is C14H19N3O. The molecule has 4 heteroatoms. The molecular weight excluding hydrogens is 226 g/mol. The molecule has 1 aromatic heterocycles. The van der Waals surface area contributed by atoms with E-state index in [0.717, 1.165) is 24.3 Å². The largest absolute Gasteiger partial charge is 0.331 e. The molecule has 0 radical (unpaired) electrons. The summed E-state index contributed by atoms with van der Waals surface area (Å²) in [6.45, 7) is 4.89. The van der Waals surface area contributed by atoms with Crippen molar-refractivity contribution in [3.63, 3.8) is 0 Å². The lowest BCUT2D eigenvalue weighted by Gasteiger charge is -2.28. The van der Waals surface area contributed by atoms with E-state index in [0.29, 0.717) is 6.54 Å². The molecule has 0 aromatic carbocycles. The van der Waals surface area contributed by atoms with Gasteiger partial charge in [-0.1, -0.05) is 6.42 Å². The number of amides is 1. The second-order valence-corrected chi connectivity index (χ2v) is 5.13. The molecule has 4 nitrogen and oxygen atoms in total. The molecule has 3 heterocycles. The molecule has 0 aliphatic carbocycles. The van der Waals surface area contributed by atoms with Gasteiger partial charge >= 0.3 is 0 Å². The van der Waals surface area contributed by atoms with E-state index in [1.807, 2.05) is 17.0 Å². The number of piperidine rings is 1. The zero-order valence-electron chi connectivity index (χ0n) is 10.6. The number of aromatic nitrogens is 1. The van der Waals surface area contributed by atoms with Gasteiger partial charge in [0.25, 0.3) is 5.91 Å². The molecule has 1 amide bonds. The van der Waals surface area contributed by atoms with Crippen molar-refractivity contribution in [3.05, 3.63) is 29.6 Å². The van der Waals surface area contributed by atoms with Crippen molar-refractivity contribution in [1.82, 2.24) is 14.8 Å². The minimum Gasteiger partial charge on any atom is -0.331 e. The fourth-order valence-corrected chi connectivity index (χ4v) is 2.81. The van der Waals surface area contributed by atoms with E-state index in [1.54, 1.807) is 6.20 Å². The van der Waals surface area contributed by atoms with Crippen molar-refractivity contribution in [2.75, 3.05) is 26.2 Å². The van der Waals surface area contributed by atoms with Crippen molar-refractivity contribution >= 4 is 5.91 Å². The van der Waals surface area contributed by atoms with Crippen LogP contribution in [0, 0.1) is 0 Å². The summed E-state index contributed by atoms with van der Waals surface area (Å²) < 4.78 is 0. The van der Waals surface area contributed by atoms with Crippen LogP contribution in [0.4, 0.5) is 0 Å². The molecule has 0 bridgehead atoms. The average Bonchev–Trinajstić information content (AvgIpc) is 2.75. The molecule has 0 atom stereocenters. The molecule has 0 N–H and O–H groups in total. The van der Waals surface area contributed by atoms with Crippen LogP contribution >= 0.6 is 0 Å². The van der Waals surface area contributed by atoms with Crippen molar-refractivity contribution in [2.45, 2.75) is 25.8 Å². The Hall–Kier alpha value is -1.42. The lowest BCUT2D eigenvalue weighted by Crippen LogP contribution is -2.38. The molecule has 2 aliphatic rings. The summed E-state index contributed by atoms with van der Waals surface area (Å²) in [4.78, 5) is 20.8. The fourth-order valence-electron chi connectivity index (χ4n) is 2.81. The van der Waals surface area contributed by atoms with Crippen LogP contribution in [0.15, 0.2) is 18.3 Å². The number of hydrogen-bond acceptors (Lipinski definition) is 3. The smallest absolute Gasteiger partial charge is 0.256 e. The van der Waals surface area contributed by atoms with Crippen LogP contribution in [0.2, 0.25) is 0 Å². The van der Waals surface area contributed by atoms with Gasteiger partial charge in [-0.15, -0.1) is 0 Å². The normalized spacial score (nSPS) is 20.2. The van der Waals surface area contributed by atoms with Crippen LogP contribution in [0.3, 0.4) is 0 Å². The van der Waals surface area contributed by atoms with Crippen LogP contribution in [-0.4, -0.2) is 46.9 Å². The lowest BCUT2D eigenvalue weighted by atomic mass is 10.1. The number of fused-ring (bicyclic) bond motifs is 1. The Bertz CT molecular complexity index is 440. The third-order valence-corrected chi connectivity index (χ3v) is 3.88. The number of pyridine rings is 1. The SMILES string of the molecule is O=C1c2cccnc2CN1CCN1CCCCC1. The van der Waals surface area contributed by atoms with Crippen molar-refractivity contribution < 1.29 is 4.79 Å². The minimum atomic E-state index is 0.148. The van der Waals surface area contributed by atoms with Gasteiger partial charge in [0.1, 0.15) is 0 Å². The van der Waals surface area contributed by atoms with Gasteiger partial charge in [0.05, 0.1) is 17.8 Å². The molecule has 3 rings (SSSR count). The Labute approximate surface area is 108 Å². The topological polar surface area (TPSA) is 36.4 Å². The van der Waals surface area contributed by atoms with E-state index in [4.69, 9.17) is 0 Å². The molecule has 2 aliphatic heterocycles. The second-order valence-electron chi connectivity index (χ2n) is 5.13. The molecule has 1 aromatic rings. The number of carbonyl (C=O) groups is 1. The first-order valence-electron chi connectivity index (χ1n) is 6.80. The third-order valence-electron chi connectivity index (χ3n) is 3.88. The first-order valence-corrected chi connectivity index (χ1v) is 6.80. The number of nitrogens with zero attached hydrogens (tertiary/aromatic N) is 3. The van der Waals surface area contributed by atoms with Gasteiger partial charge in [0.15, 0.2) is 0 Å². The molecule has 0 unspecified atom stereocenters. The van der Waals surface area contributed by atoms with E-state index in [9.17, 15) is 4.79 Å². The standard InChI is InChI=1S/C14H19N3O/c18-14-12-5-4-6-15-13(12)11-17(14)10-9-16-7-2-1-3-8-16/h4-6H,1-3,7-11H2. The molecule has 1 fully saturated rings. The predicted molar refractivity (Wildman–Crippen MR) is 69.3 cm³/mol. The van der Waals surface area contributed by atoms with Crippen molar-refractivity contribution in [3.8, 4) is 0 Å². The van der Waals surface area contributed by atoms with Gasteiger partial charge < -0.3 is 9.80 Å². The van der Waals surface area contributed by atoms with Gasteiger partial charge in [-0.05, 0) is 38.1 Å². The quantitative estimate of drug-likeness (QED) is 0.810. The summed E-state index contributed by atoms with van der Waals surface area (Å²) in [5.41, 5.74) is 1.72. The Morgan fingerprint density at radius 1 is 1.17 bits per heavy atom. The second kappa shape index (κ2) is 5.06. The molecule has 96 valence electrons. The number of likely N-dealkylation sites (tertiary alicyclic amines) is 1. The highest BCUT2D eigenvalue weighted by molar-refractivity contribution is 5.97. The van der Waals surface area contributed by atoms with Crippen LogP contribution in [0.25, 0.3) is 0 Å². The Morgan fingerprint density at radius 3 is 2.78 bits per heavy atom. The van der Waals surface area contributed by atoms with E-state index in [1.165, 1.54) is 32.4 Å². The third kappa shape index (κ3) is 2.25. The predicted octanol–water partition coefficient (Wildman–Crippen LogP) is 1.52. The summed E-state index contributed by atoms with van der Waals surface area (Å²) in [5.74, 6) is 0.148. The highest BCUT2D eigenvalue weighted by Crippen LogP contribution is 2.20. The van der Waals surface area contributed by atoms with Gasteiger partial charge in [0, 0.05) is 19.3 Å². The van der Waals surface area contributed by atoms with Gasteiger partial charge in [-0.3, -0.25) is 9.78 Å². The van der Waals surface area contributed by atoms with E-state index in [2.05, 4.69) is 9.88 Å². The molecule has 0 spiro atoms. The Balaban J connectivity index is 1.57. The summed E-state index contributed by atoms with van der Waals surface area (Å²) in [6.07, 6.45) is 5.72. The number of hydrogen-bond donors (Lipinski definition) is 0. The summed E-state index contributed by atoms with van der Waals surface area (Å²) in [5, 5.41) is 0. The summed E-state index contributed by atoms with van der Waals surface area (Å²) in [7, 11) is 0. The Kier molecular flexibility index (Phi) is 3.28. The molecule has 0 saturated carbocycles. The van der Waals surface area contributed by atoms with Gasteiger partial charge in [-0.25, -0.2) is 0 Å². The maximum absolute atomic E-state index is 12.1. The zero-order chi connectivity index (χ0) is 12.4. The van der Waals surface area contributed by atoms with Crippen LogP contribution in [0.5, 0.6) is 0 Å². The van der Waals surface area contributed by atoms with E-state index in [-0.39, 0.29) is 5.91 Å². The van der Waals surface area contributed by atoms with Crippen LogP contribution in [-0.2, 0) is 6.54 Å². The highest BCUT2D eigenvalue weighted by atomic mass is 16.2. The number of carbonyl (C=O) groups excluding carboxylic acids is 1. The first kappa shape index (κ1) is 11.7. The monoisotopic (exact) mass is 245 g/mol. The Morgan fingerprint density at radius 2 is 2.00 bits per heavy atom. The summed E-state index contributed by atoms with van der Waals surface area (Å²) in [6, 6.07) is 3.72. The maximum Gasteiger partial charge on any atom is 0.256 e. The van der Waals surface area contributed by atoms with Crippen LogP contribution in [0.1, 0.15) is 35.3 Å². The molecule has 1 saturated heterocycles. The molecule has 18 heavy (non-hydrogen) atoms. The van der Waals surface area contributed by atoms with Gasteiger partial charge in [0.2, 0.25) is 0 Å². The van der Waals surface area contributed by atoms with Gasteiger partial charge in [-0.2, -0.15) is 0 Å². The number of rotatable bonds is 3. The van der Waals surface area contributed by atoms with Crippen molar-refractivity contribution in [2.24, 2.45) is 0 Å². The van der Waals surface area contributed by atoms with Crippen molar-refractivity contribution in [1.29, 1.82) is 0 Å². The lowest BCUT2D eigenvalue weighted by molar-refractivity contribution is 0.0752. The van der Waals surface area contributed by atoms with E-state index < -0.39 is 0 Å². The fraction of sp³-hybridized carbons (Fsp3) is 0.571. The highest BCUT2D eigenvalue weighted by Gasteiger charge is 2.28. The zero-order valence-corrected chi connectivity index (χ0v) is 10.6. The average molecular weight is 245 g/mol. The van der Waals surface area contributed by atoms with Crippen LogP contribution < -0.4 is 0 Å². The van der Waals surface area contributed by atoms with E-state index >= 15 is 0 Å². The maximum atomic E-state index is 12.1. The first-order chi connectivity index (χ1) is 8.84.